The molecule has 0 saturated heterocycles. The molecule has 2 aromatic rings. The van der Waals surface area contributed by atoms with Crippen LogP contribution in [0.1, 0.15) is 17.0 Å². The van der Waals surface area contributed by atoms with Crippen molar-refractivity contribution in [3.8, 4) is 0 Å². The molecule has 2 heterocycles. The Kier molecular flexibility index (Phi) is 4.01. The molecule has 0 saturated carbocycles. The van der Waals surface area contributed by atoms with Gasteiger partial charge < -0.3 is 5.11 Å². The molecule has 0 fully saturated rings. The van der Waals surface area contributed by atoms with E-state index in [2.05, 4.69) is 32.5 Å². The first-order chi connectivity index (χ1) is 8.08. The second-order valence-electron chi connectivity index (χ2n) is 4.16. The fraction of sp³-hybridized carbons (Fsp3) is 0.417. The minimum absolute atomic E-state index is 0.365. The molecule has 1 atom stereocenters. The fourth-order valence-corrected chi connectivity index (χ4v) is 3.06. The number of aliphatic hydroxyl groups excluding tert-OH is 1. The lowest BCUT2D eigenvalue weighted by Crippen LogP contribution is -2.16. The molecule has 0 amide bonds. The highest BCUT2D eigenvalue weighted by Gasteiger charge is 2.15. The zero-order chi connectivity index (χ0) is 12.4. The summed E-state index contributed by atoms with van der Waals surface area (Å²) in [6.45, 7) is 1.96. The largest absolute Gasteiger partial charge is 0.392 e. The number of thiophene rings is 1. The van der Waals surface area contributed by atoms with E-state index in [1.807, 2.05) is 24.0 Å². The summed E-state index contributed by atoms with van der Waals surface area (Å²) in [4.78, 5) is 0. The van der Waals surface area contributed by atoms with Crippen LogP contribution in [0, 0.1) is 6.92 Å². The van der Waals surface area contributed by atoms with Crippen molar-refractivity contribution in [1.82, 2.24) is 9.78 Å². The van der Waals surface area contributed by atoms with Crippen LogP contribution in [0.3, 0.4) is 0 Å². The predicted molar refractivity (Wildman–Crippen MR) is 73.4 cm³/mol. The zero-order valence-electron chi connectivity index (χ0n) is 9.85. The topological polar surface area (TPSA) is 38.0 Å². The lowest BCUT2D eigenvalue weighted by atomic mass is 10.1. The molecular formula is C12H15BrN2OS. The Morgan fingerprint density at radius 3 is 2.82 bits per heavy atom. The molecule has 5 heteroatoms. The van der Waals surface area contributed by atoms with E-state index in [1.54, 1.807) is 11.3 Å². The summed E-state index contributed by atoms with van der Waals surface area (Å²) >= 11 is 5.18. The highest BCUT2D eigenvalue weighted by atomic mass is 79.9. The highest BCUT2D eigenvalue weighted by molar-refractivity contribution is 9.10. The standard InChI is InChI=1S/C12H15BrN2OS/c1-8-12(13)11(15(2)14-8)6-10(16)5-9-3-4-17-7-9/h3-4,7,10,16H,5-6H2,1-2H3. The molecule has 2 aromatic heterocycles. The van der Waals surface area contributed by atoms with Crippen molar-refractivity contribution >= 4 is 27.3 Å². The van der Waals surface area contributed by atoms with E-state index in [4.69, 9.17) is 0 Å². The van der Waals surface area contributed by atoms with Gasteiger partial charge in [-0.15, -0.1) is 0 Å². The number of aliphatic hydroxyl groups is 1. The molecule has 0 aromatic carbocycles. The maximum Gasteiger partial charge on any atom is 0.0738 e. The van der Waals surface area contributed by atoms with E-state index in [9.17, 15) is 5.11 Å². The molecule has 1 unspecified atom stereocenters. The van der Waals surface area contributed by atoms with Gasteiger partial charge in [-0.1, -0.05) is 0 Å². The maximum atomic E-state index is 10.1. The third kappa shape index (κ3) is 2.97. The van der Waals surface area contributed by atoms with Crippen LogP contribution in [-0.2, 0) is 19.9 Å². The van der Waals surface area contributed by atoms with Crippen molar-refractivity contribution in [2.24, 2.45) is 7.05 Å². The molecule has 2 rings (SSSR count). The first-order valence-electron chi connectivity index (χ1n) is 5.45. The van der Waals surface area contributed by atoms with Crippen LogP contribution in [-0.4, -0.2) is 21.0 Å². The Labute approximate surface area is 113 Å². The molecule has 3 nitrogen and oxygen atoms in total. The van der Waals surface area contributed by atoms with Crippen LogP contribution in [0.4, 0.5) is 0 Å². The number of aryl methyl sites for hydroxylation is 2. The minimum Gasteiger partial charge on any atom is -0.392 e. The van der Waals surface area contributed by atoms with Gasteiger partial charge in [0, 0.05) is 13.5 Å². The van der Waals surface area contributed by atoms with Crippen LogP contribution >= 0.6 is 27.3 Å². The Hall–Kier alpha value is -0.650. The fourth-order valence-electron chi connectivity index (χ4n) is 1.88. The summed E-state index contributed by atoms with van der Waals surface area (Å²) in [5, 5.41) is 18.5. The molecule has 0 aliphatic heterocycles. The molecule has 0 radical (unpaired) electrons. The van der Waals surface area contributed by atoms with Crippen LogP contribution < -0.4 is 0 Å². The van der Waals surface area contributed by atoms with Gasteiger partial charge in [0.1, 0.15) is 0 Å². The zero-order valence-corrected chi connectivity index (χ0v) is 12.3. The van der Waals surface area contributed by atoms with E-state index in [1.165, 1.54) is 5.56 Å². The summed E-state index contributed by atoms with van der Waals surface area (Å²) in [6, 6.07) is 2.05. The molecule has 0 spiro atoms. The van der Waals surface area contributed by atoms with Crippen LogP contribution in [0.15, 0.2) is 21.3 Å². The second kappa shape index (κ2) is 5.33. The van der Waals surface area contributed by atoms with Gasteiger partial charge >= 0.3 is 0 Å². The number of hydrogen-bond acceptors (Lipinski definition) is 3. The van der Waals surface area contributed by atoms with Gasteiger partial charge in [-0.3, -0.25) is 4.68 Å². The SMILES string of the molecule is Cc1nn(C)c(CC(O)Cc2ccsc2)c1Br. The van der Waals surface area contributed by atoms with Crippen molar-refractivity contribution < 1.29 is 5.11 Å². The van der Waals surface area contributed by atoms with Gasteiger partial charge in [0.15, 0.2) is 0 Å². The van der Waals surface area contributed by atoms with Crippen molar-refractivity contribution in [1.29, 1.82) is 0 Å². The molecule has 0 bridgehead atoms. The first-order valence-corrected chi connectivity index (χ1v) is 7.18. The Morgan fingerprint density at radius 2 is 2.29 bits per heavy atom. The van der Waals surface area contributed by atoms with Gasteiger partial charge in [-0.25, -0.2) is 0 Å². The smallest absolute Gasteiger partial charge is 0.0738 e. The maximum absolute atomic E-state index is 10.1. The average molecular weight is 315 g/mol. The van der Waals surface area contributed by atoms with E-state index >= 15 is 0 Å². The van der Waals surface area contributed by atoms with Crippen molar-refractivity contribution in [2.75, 3.05) is 0 Å². The lowest BCUT2D eigenvalue weighted by Gasteiger charge is -2.10. The number of rotatable bonds is 4. The normalized spacial score (nSPS) is 12.9. The van der Waals surface area contributed by atoms with E-state index in [0.717, 1.165) is 15.9 Å². The third-order valence-corrected chi connectivity index (χ3v) is 4.51. The highest BCUT2D eigenvalue weighted by Crippen LogP contribution is 2.22. The first kappa shape index (κ1) is 12.8. The van der Waals surface area contributed by atoms with E-state index < -0.39 is 0 Å². The number of nitrogens with zero attached hydrogens (tertiary/aromatic N) is 2. The molecule has 0 aliphatic rings. The van der Waals surface area contributed by atoms with Gasteiger partial charge in [-0.05, 0) is 51.7 Å². The molecule has 1 N–H and O–H groups in total. The Morgan fingerprint density at radius 1 is 1.53 bits per heavy atom. The molecule has 0 aliphatic carbocycles. The molecule has 17 heavy (non-hydrogen) atoms. The number of hydrogen-bond donors (Lipinski definition) is 1. The summed E-state index contributed by atoms with van der Waals surface area (Å²) < 4.78 is 2.83. The predicted octanol–water partition coefficient (Wildman–Crippen LogP) is 2.70. The quantitative estimate of drug-likeness (QED) is 0.942. The Bertz CT molecular complexity index is 493. The van der Waals surface area contributed by atoms with Gasteiger partial charge in [0.05, 0.1) is 22.0 Å². The van der Waals surface area contributed by atoms with Crippen molar-refractivity contribution in [2.45, 2.75) is 25.9 Å². The van der Waals surface area contributed by atoms with E-state index in [-0.39, 0.29) is 6.10 Å². The van der Waals surface area contributed by atoms with Crippen LogP contribution in [0.25, 0.3) is 0 Å². The van der Waals surface area contributed by atoms with Crippen LogP contribution in [0.2, 0.25) is 0 Å². The summed E-state index contributed by atoms with van der Waals surface area (Å²) in [5.41, 5.74) is 3.20. The van der Waals surface area contributed by atoms with Crippen molar-refractivity contribution in [3.63, 3.8) is 0 Å². The summed E-state index contributed by atoms with van der Waals surface area (Å²) in [5.74, 6) is 0. The summed E-state index contributed by atoms with van der Waals surface area (Å²) in [7, 11) is 1.91. The van der Waals surface area contributed by atoms with Gasteiger partial charge in [0.2, 0.25) is 0 Å². The molecule has 92 valence electrons. The van der Waals surface area contributed by atoms with Crippen LogP contribution in [0.5, 0.6) is 0 Å². The third-order valence-electron chi connectivity index (χ3n) is 2.74. The van der Waals surface area contributed by atoms with Crippen molar-refractivity contribution in [3.05, 3.63) is 38.3 Å². The van der Waals surface area contributed by atoms with Gasteiger partial charge in [-0.2, -0.15) is 16.4 Å². The monoisotopic (exact) mass is 314 g/mol. The molecular weight excluding hydrogens is 300 g/mol. The van der Waals surface area contributed by atoms with E-state index in [0.29, 0.717) is 12.8 Å². The average Bonchev–Trinajstić information content (AvgIpc) is 2.83. The van der Waals surface area contributed by atoms with Gasteiger partial charge in [0.25, 0.3) is 0 Å². The number of aromatic nitrogens is 2. The lowest BCUT2D eigenvalue weighted by molar-refractivity contribution is 0.173. The number of halogens is 1. The Balaban J connectivity index is 2.05. The second-order valence-corrected chi connectivity index (χ2v) is 5.74. The minimum atomic E-state index is -0.365. The summed E-state index contributed by atoms with van der Waals surface area (Å²) in [6.07, 6.45) is 0.948.